The third-order valence-corrected chi connectivity index (χ3v) is 2.33. The van der Waals surface area contributed by atoms with Crippen molar-refractivity contribution in [2.75, 3.05) is 32.9 Å². The lowest BCUT2D eigenvalue weighted by atomic mass is 10.2. The molecule has 4 nitrogen and oxygen atoms in total. The zero-order chi connectivity index (χ0) is 12.9. The maximum absolute atomic E-state index is 9.59. The van der Waals surface area contributed by atoms with Crippen molar-refractivity contribution in [1.82, 2.24) is 5.32 Å². The molecule has 0 amide bonds. The van der Waals surface area contributed by atoms with Gasteiger partial charge in [0.1, 0.15) is 0 Å². The van der Waals surface area contributed by atoms with Gasteiger partial charge in [-0.3, -0.25) is 0 Å². The van der Waals surface area contributed by atoms with E-state index in [1.165, 1.54) is 19.3 Å². The van der Waals surface area contributed by atoms with E-state index in [0.717, 1.165) is 6.54 Å². The summed E-state index contributed by atoms with van der Waals surface area (Å²) in [6.45, 7) is 9.27. The van der Waals surface area contributed by atoms with E-state index >= 15 is 0 Å². The third-order valence-electron chi connectivity index (χ3n) is 2.33. The first kappa shape index (κ1) is 16.8. The molecule has 0 aliphatic carbocycles. The highest BCUT2D eigenvalue weighted by molar-refractivity contribution is 4.58. The molecule has 4 heteroatoms. The molecule has 0 saturated carbocycles. The van der Waals surface area contributed by atoms with Gasteiger partial charge < -0.3 is 19.9 Å². The van der Waals surface area contributed by atoms with Crippen LogP contribution in [0.25, 0.3) is 0 Å². The molecule has 2 N–H and O–H groups in total. The van der Waals surface area contributed by atoms with Gasteiger partial charge in [-0.25, -0.2) is 0 Å². The molecular formula is C13H29NO3. The van der Waals surface area contributed by atoms with E-state index < -0.39 is 6.10 Å². The number of hydrogen-bond acceptors (Lipinski definition) is 4. The number of unbranched alkanes of at least 4 members (excludes halogenated alkanes) is 2. The minimum absolute atomic E-state index is 0.240. The van der Waals surface area contributed by atoms with Crippen LogP contribution >= 0.6 is 0 Å². The summed E-state index contributed by atoms with van der Waals surface area (Å²) in [5, 5.41) is 12.8. The van der Waals surface area contributed by atoms with Crippen molar-refractivity contribution < 1.29 is 14.6 Å². The maximum Gasteiger partial charge on any atom is 0.0897 e. The number of nitrogens with one attached hydrogen (secondary N) is 1. The van der Waals surface area contributed by atoms with Crippen LogP contribution in [0.5, 0.6) is 0 Å². The fraction of sp³-hybridized carbons (Fsp3) is 1.00. The Bertz CT molecular complexity index is 154. The van der Waals surface area contributed by atoms with Gasteiger partial charge in [0.05, 0.1) is 32.0 Å². The lowest BCUT2D eigenvalue weighted by Crippen LogP contribution is -2.31. The Morgan fingerprint density at radius 1 is 1.18 bits per heavy atom. The first-order valence-corrected chi connectivity index (χ1v) is 6.75. The van der Waals surface area contributed by atoms with Crippen LogP contribution in [-0.2, 0) is 9.47 Å². The van der Waals surface area contributed by atoms with Gasteiger partial charge in [-0.2, -0.15) is 0 Å². The quantitative estimate of drug-likeness (QED) is 0.514. The summed E-state index contributed by atoms with van der Waals surface area (Å²) in [6.07, 6.45) is 3.46. The van der Waals surface area contributed by atoms with Crippen LogP contribution in [-0.4, -0.2) is 50.2 Å². The number of aliphatic hydroxyl groups excluding tert-OH is 1. The first-order valence-electron chi connectivity index (χ1n) is 6.75. The Balaban J connectivity index is 3.14. The van der Waals surface area contributed by atoms with Crippen molar-refractivity contribution in [2.45, 2.75) is 52.2 Å². The molecule has 1 atom stereocenters. The monoisotopic (exact) mass is 247 g/mol. The average molecular weight is 247 g/mol. The van der Waals surface area contributed by atoms with E-state index in [9.17, 15) is 5.11 Å². The molecule has 1 unspecified atom stereocenters. The number of ether oxygens (including phenoxy) is 2. The molecule has 0 spiro atoms. The second kappa shape index (κ2) is 12.3. The highest BCUT2D eigenvalue weighted by atomic mass is 16.5. The maximum atomic E-state index is 9.59. The lowest BCUT2D eigenvalue weighted by molar-refractivity contribution is -0.00992. The van der Waals surface area contributed by atoms with Crippen LogP contribution in [0.3, 0.4) is 0 Å². The minimum atomic E-state index is -0.421. The molecule has 17 heavy (non-hydrogen) atoms. The Kier molecular flexibility index (Phi) is 12.2. The second-order valence-corrected chi connectivity index (χ2v) is 4.56. The summed E-state index contributed by atoms with van der Waals surface area (Å²) >= 11 is 0. The van der Waals surface area contributed by atoms with Crippen LogP contribution in [0.4, 0.5) is 0 Å². The predicted octanol–water partition coefficient (Wildman–Crippen LogP) is 1.57. The van der Waals surface area contributed by atoms with Gasteiger partial charge in [-0.1, -0.05) is 19.8 Å². The van der Waals surface area contributed by atoms with E-state index in [1.807, 2.05) is 13.8 Å². The minimum Gasteiger partial charge on any atom is -0.389 e. The average Bonchev–Trinajstić information content (AvgIpc) is 2.28. The Morgan fingerprint density at radius 3 is 2.59 bits per heavy atom. The second-order valence-electron chi connectivity index (χ2n) is 4.56. The number of rotatable bonds is 12. The molecule has 0 rings (SSSR count). The van der Waals surface area contributed by atoms with Crippen molar-refractivity contribution in [1.29, 1.82) is 0 Å². The summed E-state index contributed by atoms with van der Waals surface area (Å²) in [4.78, 5) is 0. The normalized spacial score (nSPS) is 13.2. The third kappa shape index (κ3) is 13.8. The van der Waals surface area contributed by atoms with Crippen LogP contribution in [0, 0.1) is 0 Å². The van der Waals surface area contributed by atoms with Gasteiger partial charge in [0, 0.05) is 6.54 Å². The van der Waals surface area contributed by atoms with Crippen LogP contribution in [0.15, 0.2) is 0 Å². The molecule has 0 aromatic heterocycles. The molecule has 0 fully saturated rings. The molecule has 0 aromatic rings. The largest absolute Gasteiger partial charge is 0.389 e. The Hall–Kier alpha value is -0.160. The molecule has 0 saturated heterocycles. The Labute approximate surface area is 106 Å². The molecule has 0 aliphatic heterocycles. The SMILES string of the molecule is CCCCCNCC(O)COCCOC(C)C. The van der Waals surface area contributed by atoms with Crippen molar-refractivity contribution in [3.63, 3.8) is 0 Å². The molecule has 0 aliphatic rings. The van der Waals surface area contributed by atoms with E-state index in [4.69, 9.17) is 9.47 Å². The fourth-order valence-corrected chi connectivity index (χ4v) is 1.39. The first-order chi connectivity index (χ1) is 8.16. The van der Waals surface area contributed by atoms with Gasteiger partial charge in [-0.15, -0.1) is 0 Å². The molecule has 0 aromatic carbocycles. The van der Waals surface area contributed by atoms with Crippen molar-refractivity contribution in [2.24, 2.45) is 0 Å². The topological polar surface area (TPSA) is 50.7 Å². The van der Waals surface area contributed by atoms with Crippen molar-refractivity contribution in [3.05, 3.63) is 0 Å². The van der Waals surface area contributed by atoms with E-state index in [2.05, 4.69) is 12.2 Å². The summed E-state index contributed by atoms with van der Waals surface area (Å²) in [7, 11) is 0. The zero-order valence-electron chi connectivity index (χ0n) is 11.6. The molecule has 0 heterocycles. The molecule has 104 valence electrons. The fourth-order valence-electron chi connectivity index (χ4n) is 1.39. The highest BCUT2D eigenvalue weighted by Gasteiger charge is 2.03. The van der Waals surface area contributed by atoms with Crippen LogP contribution < -0.4 is 5.32 Å². The highest BCUT2D eigenvalue weighted by Crippen LogP contribution is 1.92. The van der Waals surface area contributed by atoms with Gasteiger partial charge in [0.25, 0.3) is 0 Å². The smallest absolute Gasteiger partial charge is 0.0897 e. The molecular weight excluding hydrogens is 218 g/mol. The summed E-state index contributed by atoms with van der Waals surface area (Å²) in [6, 6.07) is 0. The van der Waals surface area contributed by atoms with E-state index in [1.54, 1.807) is 0 Å². The number of hydrogen-bond donors (Lipinski definition) is 2. The molecule has 0 bridgehead atoms. The standard InChI is InChI=1S/C13H29NO3/c1-4-5-6-7-14-10-13(15)11-16-8-9-17-12(2)3/h12-15H,4-11H2,1-3H3. The summed E-state index contributed by atoms with van der Waals surface area (Å²) < 4.78 is 10.6. The van der Waals surface area contributed by atoms with Gasteiger partial charge >= 0.3 is 0 Å². The summed E-state index contributed by atoms with van der Waals surface area (Å²) in [5.41, 5.74) is 0. The Morgan fingerprint density at radius 2 is 1.94 bits per heavy atom. The lowest BCUT2D eigenvalue weighted by Gasteiger charge is -2.13. The van der Waals surface area contributed by atoms with Gasteiger partial charge in [0.15, 0.2) is 0 Å². The van der Waals surface area contributed by atoms with Crippen molar-refractivity contribution in [3.8, 4) is 0 Å². The van der Waals surface area contributed by atoms with E-state index in [0.29, 0.717) is 26.4 Å². The molecule has 0 radical (unpaired) electrons. The van der Waals surface area contributed by atoms with E-state index in [-0.39, 0.29) is 6.10 Å². The number of aliphatic hydroxyl groups is 1. The summed E-state index contributed by atoms with van der Waals surface area (Å²) in [5.74, 6) is 0. The van der Waals surface area contributed by atoms with Crippen LogP contribution in [0.2, 0.25) is 0 Å². The zero-order valence-corrected chi connectivity index (χ0v) is 11.6. The van der Waals surface area contributed by atoms with Crippen molar-refractivity contribution >= 4 is 0 Å². The predicted molar refractivity (Wildman–Crippen MR) is 70.3 cm³/mol. The van der Waals surface area contributed by atoms with Gasteiger partial charge in [0.2, 0.25) is 0 Å². The van der Waals surface area contributed by atoms with Gasteiger partial charge in [-0.05, 0) is 26.8 Å². The van der Waals surface area contributed by atoms with Crippen LogP contribution in [0.1, 0.15) is 40.0 Å².